The Morgan fingerprint density at radius 2 is 1.19 bits per heavy atom. The van der Waals surface area contributed by atoms with Crippen LogP contribution in [0.5, 0.6) is 0 Å². The summed E-state index contributed by atoms with van der Waals surface area (Å²) < 4.78 is 21.1. The minimum atomic E-state index is -1.30. The molecule has 3 unspecified atom stereocenters. The molecule has 0 rings (SSSR count). The molecule has 0 saturated carbocycles. The molecule has 0 amide bonds. The van der Waals surface area contributed by atoms with E-state index in [4.69, 9.17) is 30.0 Å². The Balaban J connectivity index is 3.25. The molecule has 0 aliphatic heterocycles. The Bertz CT molecular complexity index is 303. The highest BCUT2D eigenvalue weighted by Crippen LogP contribution is 2.03. The van der Waals surface area contributed by atoms with Gasteiger partial charge in [0.1, 0.15) is 6.10 Å². The van der Waals surface area contributed by atoms with Crippen LogP contribution in [0.1, 0.15) is 6.42 Å². The molecule has 0 aliphatic rings. The zero-order valence-corrected chi connectivity index (χ0v) is 15.8. The lowest BCUT2D eigenvalue weighted by atomic mass is 10.1. The van der Waals surface area contributed by atoms with Crippen molar-refractivity contribution in [3.63, 3.8) is 0 Å². The van der Waals surface area contributed by atoms with E-state index in [-0.39, 0.29) is 19.6 Å². The summed E-state index contributed by atoms with van der Waals surface area (Å²) in [5.41, 5.74) is 0. The van der Waals surface area contributed by atoms with Crippen molar-refractivity contribution >= 4 is 0 Å². The third kappa shape index (κ3) is 17.4. The first-order valence-electron chi connectivity index (χ1n) is 9.11. The first-order chi connectivity index (χ1) is 13.1. The van der Waals surface area contributed by atoms with Gasteiger partial charge >= 0.3 is 0 Å². The second-order valence-corrected chi connectivity index (χ2v) is 5.66. The van der Waals surface area contributed by atoms with Crippen molar-refractivity contribution in [2.45, 2.75) is 24.7 Å². The van der Waals surface area contributed by atoms with Crippen LogP contribution in [0.25, 0.3) is 0 Å². The number of hydrogen-bond donors (Lipinski definition) is 6. The van der Waals surface area contributed by atoms with Crippen molar-refractivity contribution in [3.05, 3.63) is 0 Å². The molecule has 0 heterocycles. The average Bonchev–Trinajstić information content (AvgIpc) is 2.67. The summed E-state index contributed by atoms with van der Waals surface area (Å²) >= 11 is 0. The second kappa shape index (κ2) is 20.3. The third-order valence-electron chi connectivity index (χ3n) is 3.45. The van der Waals surface area contributed by atoms with Crippen LogP contribution in [0.2, 0.25) is 0 Å². The van der Waals surface area contributed by atoms with Gasteiger partial charge in [-0.1, -0.05) is 0 Å². The third-order valence-corrected chi connectivity index (χ3v) is 3.45. The van der Waals surface area contributed by atoms with Crippen LogP contribution in [-0.4, -0.2) is 118 Å². The fourth-order valence-corrected chi connectivity index (χ4v) is 1.94. The van der Waals surface area contributed by atoms with E-state index in [1.54, 1.807) is 0 Å². The van der Waals surface area contributed by atoms with Crippen molar-refractivity contribution in [2.24, 2.45) is 5.90 Å². The number of nitrogens with one attached hydrogen (secondary N) is 1. The van der Waals surface area contributed by atoms with Crippen molar-refractivity contribution in [2.75, 3.05) is 79.2 Å². The van der Waals surface area contributed by atoms with Gasteiger partial charge in [0.15, 0.2) is 0 Å². The van der Waals surface area contributed by atoms with Crippen molar-refractivity contribution in [3.8, 4) is 0 Å². The topological polar surface area (TPSA) is 165 Å². The van der Waals surface area contributed by atoms with Crippen LogP contribution in [0.3, 0.4) is 0 Å². The summed E-state index contributed by atoms with van der Waals surface area (Å²) in [6.07, 6.45) is -3.55. The molecule has 3 atom stereocenters. The number of aliphatic hydroxyl groups excluding tert-OH is 4. The highest BCUT2D eigenvalue weighted by molar-refractivity contribution is 4.76. The minimum absolute atomic E-state index is 0.0182. The van der Waals surface area contributed by atoms with Gasteiger partial charge in [-0.3, -0.25) is 0 Å². The molecule has 0 spiro atoms. The van der Waals surface area contributed by atoms with E-state index in [1.165, 1.54) is 0 Å². The van der Waals surface area contributed by atoms with Crippen molar-refractivity contribution < 1.29 is 44.2 Å². The van der Waals surface area contributed by atoms with Gasteiger partial charge in [0.2, 0.25) is 0 Å². The SMILES string of the molecule is NOCCOCCOCCOCCOCCNCC(O)C(O)C(O)CCO. The Kier molecular flexibility index (Phi) is 20.0. The van der Waals surface area contributed by atoms with Crippen LogP contribution in [0.15, 0.2) is 0 Å². The van der Waals surface area contributed by atoms with Crippen LogP contribution < -0.4 is 11.2 Å². The maximum absolute atomic E-state index is 9.68. The quantitative estimate of drug-likeness (QED) is 0.0859. The number of aliphatic hydroxyl groups is 4. The van der Waals surface area contributed by atoms with Gasteiger partial charge in [0.05, 0.1) is 71.7 Å². The molecular weight excluding hydrogens is 364 g/mol. The van der Waals surface area contributed by atoms with Crippen LogP contribution in [-0.2, 0) is 23.8 Å². The fraction of sp³-hybridized carbons (Fsp3) is 1.00. The zero-order chi connectivity index (χ0) is 20.2. The minimum Gasteiger partial charge on any atom is -0.396 e. The van der Waals surface area contributed by atoms with Gasteiger partial charge in [0.25, 0.3) is 0 Å². The summed E-state index contributed by atoms with van der Waals surface area (Å²) in [6.45, 7) is 4.34. The monoisotopic (exact) mass is 400 g/mol. The first-order valence-corrected chi connectivity index (χ1v) is 9.11. The highest BCUT2D eigenvalue weighted by Gasteiger charge is 2.23. The normalized spacial score (nSPS) is 15.0. The Labute approximate surface area is 160 Å². The van der Waals surface area contributed by atoms with Gasteiger partial charge in [0, 0.05) is 19.7 Å². The number of nitrogens with two attached hydrogens (primary N) is 1. The molecule has 0 aromatic rings. The van der Waals surface area contributed by atoms with Crippen LogP contribution in [0.4, 0.5) is 0 Å². The number of hydrogen-bond acceptors (Lipinski definition) is 11. The summed E-state index contributed by atoms with van der Waals surface area (Å²) in [4.78, 5) is 4.35. The van der Waals surface area contributed by atoms with E-state index in [0.29, 0.717) is 66.0 Å². The maximum atomic E-state index is 9.68. The van der Waals surface area contributed by atoms with E-state index in [2.05, 4.69) is 10.2 Å². The predicted octanol–water partition coefficient (Wildman–Crippen LogP) is -3.00. The lowest BCUT2D eigenvalue weighted by Crippen LogP contribution is -2.44. The van der Waals surface area contributed by atoms with E-state index >= 15 is 0 Å². The number of ether oxygens (including phenoxy) is 4. The Hall–Kier alpha value is -0.440. The summed E-state index contributed by atoms with van der Waals surface area (Å²) in [5, 5.41) is 40.4. The molecule has 0 fully saturated rings. The van der Waals surface area contributed by atoms with Crippen molar-refractivity contribution in [1.82, 2.24) is 5.32 Å². The first kappa shape index (κ1) is 26.6. The molecule has 0 saturated heterocycles. The molecule has 0 bridgehead atoms. The Morgan fingerprint density at radius 1 is 0.704 bits per heavy atom. The van der Waals surface area contributed by atoms with E-state index in [1.807, 2.05) is 0 Å². The lowest BCUT2D eigenvalue weighted by Gasteiger charge is -2.22. The summed E-state index contributed by atoms with van der Waals surface area (Å²) in [6, 6.07) is 0. The molecule has 0 aliphatic carbocycles. The zero-order valence-electron chi connectivity index (χ0n) is 15.8. The van der Waals surface area contributed by atoms with Gasteiger partial charge in [-0.15, -0.1) is 0 Å². The molecular formula is C16H36N2O9. The smallest absolute Gasteiger partial charge is 0.107 e. The van der Waals surface area contributed by atoms with E-state index < -0.39 is 18.3 Å². The van der Waals surface area contributed by atoms with Gasteiger partial charge < -0.3 is 49.5 Å². The maximum Gasteiger partial charge on any atom is 0.107 e. The lowest BCUT2D eigenvalue weighted by molar-refractivity contribution is -0.0646. The van der Waals surface area contributed by atoms with E-state index in [9.17, 15) is 15.3 Å². The molecule has 0 aromatic carbocycles. The predicted molar refractivity (Wildman–Crippen MR) is 96.0 cm³/mol. The molecule has 0 radical (unpaired) electrons. The van der Waals surface area contributed by atoms with E-state index in [0.717, 1.165) is 0 Å². The largest absolute Gasteiger partial charge is 0.396 e. The van der Waals surface area contributed by atoms with Gasteiger partial charge in [-0.25, -0.2) is 5.90 Å². The second-order valence-electron chi connectivity index (χ2n) is 5.66. The Morgan fingerprint density at radius 3 is 1.67 bits per heavy atom. The molecule has 164 valence electrons. The van der Waals surface area contributed by atoms with Crippen LogP contribution in [0, 0.1) is 0 Å². The standard InChI is InChI=1S/C16H36N2O9/c17-27-12-11-26-10-9-25-8-7-24-6-5-23-4-2-18-13-15(21)16(22)14(20)1-3-19/h14-16,18-22H,1-13,17H2. The van der Waals surface area contributed by atoms with Gasteiger partial charge in [-0.2, -0.15) is 0 Å². The van der Waals surface area contributed by atoms with Crippen LogP contribution >= 0.6 is 0 Å². The molecule has 11 nitrogen and oxygen atoms in total. The average molecular weight is 400 g/mol. The molecule has 11 heteroatoms. The molecule has 0 aromatic heterocycles. The molecule has 7 N–H and O–H groups in total. The number of rotatable bonds is 21. The van der Waals surface area contributed by atoms with Crippen molar-refractivity contribution in [1.29, 1.82) is 0 Å². The fourth-order valence-electron chi connectivity index (χ4n) is 1.94. The highest BCUT2D eigenvalue weighted by atomic mass is 16.6. The summed E-state index contributed by atoms with van der Waals surface area (Å²) in [5.74, 6) is 4.85. The molecule has 27 heavy (non-hydrogen) atoms. The summed E-state index contributed by atoms with van der Waals surface area (Å²) in [7, 11) is 0. The van der Waals surface area contributed by atoms with Gasteiger partial charge in [-0.05, 0) is 6.42 Å².